The lowest BCUT2D eigenvalue weighted by molar-refractivity contribution is -0.138. The molecule has 0 aromatic heterocycles. The van der Waals surface area contributed by atoms with Crippen LogP contribution in [0.25, 0.3) is 0 Å². The second-order valence-electron chi connectivity index (χ2n) is 4.18. The molecule has 82 valence electrons. The molecule has 1 heterocycles. The molecule has 2 amide bonds. The van der Waals surface area contributed by atoms with E-state index in [0.29, 0.717) is 0 Å². The predicted molar refractivity (Wildman–Crippen MR) is 55.6 cm³/mol. The fourth-order valence-corrected chi connectivity index (χ4v) is 2.21. The van der Waals surface area contributed by atoms with Crippen molar-refractivity contribution in [3.05, 3.63) is 12.4 Å². The monoisotopic (exact) mass is 208 g/mol. The van der Waals surface area contributed by atoms with Crippen molar-refractivity contribution in [2.24, 2.45) is 5.92 Å². The van der Waals surface area contributed by atoms with Gasteiger partial charge in [-0.25, -0.2) is 0 Å². The maximum atomic E-state index is 12.0. The van der Waals surface area contributed by atoms with E-state index in [0.717, 1.165) is 25.7 Å². The van der Waals surface area contributed by atoms with Gasteiger partial charge in [-0.05, 0) is 12.8 Å². The molecule has 0 spiro atoms. The van der Waals surface area contributed by atoms with Gasteiger partial charge in [0.05, 0.1) is 0 Å². The van der Waals surface area contributed by atoms with E-state index in [4.69, 9.17) is 0 Å². The molecule has 0 aromatic rings. The number of rotatable bonds is 1. The Bertz CT molecular complexity index is 293. The molecular weight excluding hydrogens is 192 g/mol. The Morgan fingerprint density at radius 1 is 1.33 bits per heavy atom. The van der Waals surface area contributed by atoms with Gasteiger partial charge in [0.15, 0.2) is 0 Å². The molecule has 0 aromatic carbocycles. The van der Waals surface area contributed by atoms with Gasteiger partial charge in [-0.3, -0.25) is 9.59 Å². The topological polar surface area (TPSA) is 49.4 Å². The maximum absolute atomic E-state index is 12.0. The van der Waals surface area contributed by atoms with Crippen molar-refractivity contribution in [1.82, 2.24) is 10.2 Å². The Hall–Kier alpha value is -1.32. The third-order valence-corrected chi connectivity index (χ3v) is 3.05. The summed E-state index contributed by atoms with van der Waals surface area (Å²) in [5, 5.41) is 2.56. The summed E-state index contributed by atoms with van der Waals surface area (Å²) in [7, 11) is 0. The van der Waals surface area contributed by atoms with Crippen LogP contribution in [0.2, 0.25) is 0 Å². The van der Waals surface area contributed by atoms with Crippen LogP contribution in [0.3, 0.4) is 0 Å². The van der Waals surface area contributed by atoms with E-state index >= 15 is 0 Å². The number of nitrogens with one attached hydrogen (secondary N) is 1. The summed E-state index contributed by atoms with van der Waals surface area (Å²) in [5.74, 6) is 0.136. The van der Waals surface area contributed by atoms with Gasteiger partial charge in [0, 0.05) is 18.3 Å². The first-order valence-corrected chi connectivity index (χ1v) is 5.54. The van der Waals surface area contributed by atoms with E-state index in [9.17, 15) is 9.59 Å². The average molecular weight is 208 g/mol. The van der Waals surface area contributed by atoms with E-state index in [1.165, 1.54) is 17.5 Å². The van der Waals surface area contributed by atoms with Crippen LogP contribution in [0, 0.1) is 5.92 Å². The van der Waals surface area contributed by atoms with Crippen molar-refractivity contribution in [2.45, 2.75) is 32.1 Å². The highest BCUT2D eigenvalue weighted by Gasteiger charge is 2.26. The third-order valence-electron chi connectivity index (χ3n) is 3.05. The van der Waals surface area contributed by atoms with Crippen molar-refractivity contribution in [1.29, 1.82) is 0 Å². The lowest BCUT2D eigenvalue weighted by Crippen LogP contribution is -2.42. The van der Waals surface area contributed by atoms with Crippen LogP contribution >= 0.6 is 0 Å². The molecule has 1 fully saturated rings. The molecule has 4 heteroatoms. The van der Waals surface area contributed by atoms with Gasteiger partial charge in [0.2, 0.25) is 11.8 Å². The van der Waals surface area contributed by atoms with Gasteiger partial charge < -0.3 is 10.2 Å². The van der Waals surface area contributed by atoms with E-state index in [2.05, 4.69) is 5.32 Å². The number of nitrogens with zero attached hydrogens (tertiary/aromatic N) is 1. The van der Waals surface area contributed by atoms with Gasteiger partial charge in [0.25, 0.3) is 0 Å². The van der Waals surface area contributed by atoms with E-state index in [-0.39, 0.29) is 24.3 Å². The summed E-state index contributed by atoms with van der Waals surface area (Å²) in [4.78, 5) is 24.6. The molecule has 0 bridgehead atoms. The number of carbonyl (C=O) groups is 2. The van der Waals surface area contributed by atoms with Gasteiger partial charge in [-0.1, -0.05) is 19.3 Å². The third kappa shape index (κ3) is 2.37. The molecular formula is C11H16N2O2. The highest BCUT2D eigenvalue weighted by molar-refractivity contribution is 5.88. The Labute approximate surface area is 89.3 Å². The molecule has 1 saturated carbocycles. The lowest BCUT2D eigenvalue weighted by Gasteiger charge is -2.28. The van der Waals surface area contributed by atoms with Gasteiger partial charge in [-0.2, -0.15) is 0 Å². The van der Waals surface area contributed by atoms with Crippen LogP contribution in [-0.2, 0) is 9.59 Å². The average Bonchev–Trinajstić information content (AvgIpc) is 2.29. The van der Waals surface area contributed by atoms with Crippen LogP contribution in [0.1, 0.15) is 32.1 Å². The first kappa shape index (κ1) is 10.2. The SMILES string of the molecule is O=C1CN(C(=O)C2CCCCC2)C=CN1. The largest absolute Gasteiger partial charge is 0.330 e. The van der Waals surface area contributed by atoms with E-state index < -0.39 is 0 Å². The minimum absolute atomic E-state index is 0.110. The smallest absolute Gasteiger partial charge is 0.244 e. The first-order valence-electron chi connectivity index (χ1n) is 5.54. The molecule has 0 unspecified atom stereocenters. The van der Waals surface area contributed by atoms with Crippen LogP contribution in [0.4, 0.5) is 0 Å². The summed E-state index contributed by atoms with van der Waals surface area (Å²) >= 11 is 0. The van der Waals surface area contributed by atoms with Crippen molar-refractivity contribution in [3.8, 4) is 0 Å². The summed E-state index contributed by atoms with van der Waals surface area (Å²) in [6.07, 6.45) is 8.67. The van der Waals surface area contributed by atoms with E-state index in [1.807, 2.05) is 0 Å². The molecule has 4 nitrogen and oxygen atoms in total. The normalized spacial score (nSPS) is 22.7. The molecule has 0 radical (unpaired) electrons. The molecule has 1 aliphatic carbocycles. The fourth-order valence-electron chi connectivity index (χ4n) is 2.21. The quantitative estimate of drug-likeness (QED) is 0.698. The van der Waals surface area contributed by atoms with Gasteiger partial charge in [0.1, 0.15) is 6.54 Å². The van der Waals surface area contributed by atoms with Crippen LogP contribution < -0.4 is 5.32 Å². The standard InChI is InChI=1S/C11H16N2O2/c14-10-8-13(7-6-12-10)11(15)9-4-2-1-3-5-9/h6-7,9H,1-5,8H2,(H,12,14). The molecule has 2 rings (SSSR count). The molecule has 2 aliphatic rings. The van der Waals surface area contributed by atoms with Crippen LogP contribution in [-0.4, -0.2) is 23.3 Å². The predicted octanol–water partition coefficient (Wildman–Crippen LogP) is 0.996. The molecule has 0 saturated heterocycles. The Kier molecular flexibility index (Phi) is 3.04. The fraction of sp³-hybridized carbons (Fsp3) is 0.636. The van der Waals surface area contributed by atoms with Gasteiger partial charge >= 0.3 is 0 Å². The summed E-state index contributed by atoms with van der Waals surface area (Å²) < 4.78 is 0. The Balaban J connectivity index is 1.97. The van der Waals surface area contributed by atoms with Crippen molar-refractivity contribution >= 4 is 11.8 Å². The maximum Gasteiger partial charge on any atom is 0.244 e. The van der Waals surface area contributed by atoms with Crippen LogP contribution in [0.15, 0.2) is 12.4 Å². The Morgan fingerprint density at radius 2 is 2.07 bits per heavy atom. The number of amides is 2. The summed E-state index contributed by atoms with van der Waals surface area (Å²) in [6.45, 7) is 0.172. The highest BCUT2D eigenvalue weighted by atomic mass is 16.2. The van der Waals surface area contributed by atoms with Crippen molar-refractivity contribution in [3.63, 3.8) is 0 Å². The highest BCUT2D eigenvalue weighted by Crippen LogP contribution is 2.25. The number of carbonyl (C=O) groups excluding carboxylic acids is 2. The zero-order chi connectivity index (χ0) is 10.7. The molecule has 1 aliphatic heterocycles. The summed E-state index contributed by atoms with van der Waals surface area (Å²) in [5.41, 5.74) is 0. The second-order valence-corrected chi connectivity index (χ2v) is 4.18. The van der Waals surface area contributed by atoms with Gasteiger partial charge in [-0.15, -0.1) is 0 Å². The number of hydrogen-bond acceptors (Lipinski definition) is 2. The minimum atomic E-state index is -0.110. The van der Waals surface area contributed by atoms with Crippen LogP contribution in [0.5, 0.6) is 0 Å². The van der Waals surface area contributed by atoms with Crippen molar-refractivity contribution in [2.75, 3.05) is 6.54 Å². The van der Waals surface area contributed by atoms with E-state index in [1.54, 1.807) is 6.20 Å². The second kappa shape index (κ2) is 4.47. The zero-order valence-electron chi connectivity index (χ0n) is 8.74. The number of hydrogen-bond donors (Lipinski definition) is 1. The first-order chi connectivity index (χ1) is 7.27. The molecule has 15 heavy (non-hydrogen) atoms. The minimum Gasteiger partial charge on any atom is -0.330 e. The van der Waals surface area contributed by atoms with Crippen molar-refractivity contribution < 1.29 is 9.59 Å². The summed E-state index contributed by atoms with van der Waals surface area (Å²) in [6, 6.07) is 0. The molecule has 0 atom stereocenters. The Morgan fingerprint density at radius 3 is 2.73 bits per heavy atom. The molecule has 1 N–H and O–H groups in total. The lowest BCUT2D eigenvalue weighted by atomic mass is 9.88. The zero-order valence-corrected chi connectivity index (χ0v) is 8.74.